The molecule has 2 aromatic rings. The number of likely N-dealkylation sites (tertiary alicyclic amines) is 1. The molecule has 12 heteroatoms. The molecule has 1 fully saturated rings. The molecule has 0 atom stereocenters. The summed E-state index contributed by atoms with van der Waals surface area (Å²) in [7, 11) is 0. The van der Waals surface area contributed by atoms with Crippen LogP contribution in [0.25, 0.3) is 11.8 Å². The van der Waals surface area contributed by atoms with E-state index >= 15 is 0 Å². The lowest BCUT2D eigenvalue weighted by molar-refractivity contribution is -0.136. The number of thiazole rings is 1. The third kappa shape index (κ3) is 8.28. The molecule has 1 saturated heterocycles. The van der Waals surface area contributed by atoms with Crippen molar-refractivity contribution in [3.05, 3.63) is 43.3 Å². The lowest BCUT2D eigenvalue weighted by atomic mass is 9.95. The van der Waals surface area contributed by atoms with Gasteiger partial charge in [0.25, 0.3) is 11.5 Å². The molecule has 1 aromatic heterocycles. The summed E-state index contributed by atoms with van der Waals surface area (Å²) < 4.78 is 6.77. The van der Waals surface area contributed by atoms with Gasteiger partial charge in [0.15, 0.2) is 5.57 Å². The van der Waals surface area contributed by atoms with Gasteiger partial charge in [-0.15, -0.1) is 11.3 Å². The summed E-state index contributed by atoms with van der Waals surface area (Å²) in [4.78, 5) is 53.4. The van der Waals surface area contributed by atoms with E-state index in [-0.39, 0.29) is 45.3 Å². The van der Waals surface area contributed by atoms with Crippen LogP contribution in [0.3, 0.4) is 0 Å². The third-order valence-corrected chi connectivity index (χ3v) is 7.58. The number of amides is 2. The van der Waals surface area contributed by atoms with Crippen molar-refractivity contribution in [1.82, 2.24) is 14.8 Å². The van der Waals surface area contributed by atoms with Crippen LogP contribution < -0.4 is 30.7 Å². The predicted octanol–water partition coefficient (Wildman–Crippen LogP) is 1.83. The maximum atomic E-state index is 13.1. The highest BCUT2D eigenvalue weighted by Crippen LogP contribution is 2.23. The normalized spacial score (nSPS) is 14.8. The minimum atomic E-state index is -0.791. The summed E-state index contributed by atoms with van der Waals surface area (Å²) in [6, 6.07) is 6.76. The third-order valence-electron chi connectivity index (χ3n) is 6.45. The molecule has 0 aliphatic carbocycles. The quantitative estimate of drug-likeness (QED) is 0.360. The van der Waals surface area contributed by atoms with E-state index in [0.717, 1.165) is 31.0 Å². The lowest BCUT2D eigenvalue weighted by Crippen LogP contribution is -2.33. The molecule has 1 aromatic carbocycles. The van der Waals surface area contributed by atoms with Gasteiger partial charge < -0.3 is 25.6 Å². The Labute approximate surface area is 243 Å². The summed E-state index contributed by atoms with van der Waals surface area (Å²) in [5, 5.41) is 18.4. The van der Waals surface area contributed by atoms with Gasteiger partial charge in [0.05, 0.1) is 6.61 Å². The van der Waals surface area contributed by atoms with Crippen molar-refractivity contribution in [2.45, 2.75) is 54.0 Å². The largest absolute Gasteiger partial charge is 0.462 e. The summed E-state index contributed by atoms with van der Waals surface area (Å²) in [6.45, 7) is 12.4. The van der Waals surface area contributed by atoms with E-state index < -0.39 is 11.4 Å². The molecule has 0 spiro atoms. The predicted molar refractivity (Wildman–Crippen MR) is 160 cm³/mol. The second-order valence-corrected chi connectivity index (χ2v) is 11.7. The Balaban J connectivity index is 1.96. The summed E-state index contributed by atoms with van der Waals surface area (Å²) in [5.74, 6) is -1.29. The monoisotopic (exact) mass is 582 g/mol. The van der Waals surface area contributed by atoms with Gasteiger partial charge in [0, 0.05) is 48.2 Å². The average molecular weight is 583 g/mol. The van der Waals surface area contributed by atoms with Crippen LogP contribution in [0.4, 0.5) is 11.4 Å². The van der Waals surface area contributed by atoms with Crippen LogP contribution in [0, 0.1) is 16.7 Å². The molecule has 2 heterocycles. The Morgan fingerprint density at radius 1 is 1.12 bits per heavy atom. The van der Waals surface area contributed by atoms with Crippen LogP contribution in [0.15, 0.2) is 23.0 Å². The van der Waals surface area contributed by atoms with Gasteiger partial charge in [-0.1, -0.05) is 20.8 Å². The average Bonchev–Trinajstić information content (AvgIpc) is 3.55. The van der Waals surface area contributed by atoms with Crippen molar-refractivity contribution in [1.29, 1.82) is 5.26 Å². The molecule has 2 amide bonds. The number of carbonyl (C=O) groups excluding carboxylic acids is 3. The zero-order valence-corrected chi connectivity index (χ0v) is 25.1. The molecule has 1 aliphatic heterocycles. The van der Waals surface area contributed by atoms with E-state index in [1.54, 1.807) is 52.8 Å². The van der Waals surface area contributed by atoms with E-state index in [1.165, 1.54) is 23.6 Å². The van der Waals surface area contributed by atoms with E-state index in [4.69, 9.17) is 4.74 Å². The first-order chi connectivity index (χ1) is 19.5. The van der Waals surface area contributed by atoms with Crippen LogP contribution in [-0.4, -0.2) is 60.0 Å². The number of aromatic nitrogens is 1. The second kappa shape index (κ2) is 14.1. The zero-order chi connectivity index (χ0) is 30.2. The number of nitrogens with zero attached hydrogens (tertiary/aromatic N) is 3. The molecule has 220 valence electrons. The Kier molecular flexibility index (Phi) is 10.9. The SMILES string of the molecule is CCOC(=O)C(C#N)=c1sc(=CNc2cc(NC(=O)C(C)(C)C)cc(C(=O)NCCN3CCCC3)c2)c(=O)n1CC. The zero-order valence-electron chi connectivity index (χ0n) is 24.3. The van der Waals surface area contributed by atoms with Crippen molar-refractivity contribution in [2.75, 3.05) is 43.4 Å². The molecule has 0 unspecified atom stereocenters. The Morgan fingerprint density at radius 3 is 2.41 bits per heavy atom. The highest BCUT2D eigenvalue weighted by Gasteiger charge is 2.22. The van der Waals surface area contributed by atoms with Gasteiger partial charge in [0.2, 0.25) is 5.91 Å². The minimum absolute atomic E-state index is 0.0997. The van der Waals surface area contributed by atoms with Crippen LogP contribution in [0.5, 0.6) is 0 Å². The van der Waals surface area contributed by atoms with Crippen LogP contribution in [0.2, 0.25) is 0 Å². The molecule has 41 heavy (non-hydrogen) atoms. The Hall–Kier alpha value is -3.95. The first-order valence-electron chi connectivity index (χ1n) is 13.7. The number of hydrogen-bond donors (Lipinski definition) is 3. The first-order valence-corrected chi connectivity index (χ1v) is 14.5. The number of ether oxygens (including phenoxy) is 1. The molecule has 1 aliphatic rings. The van der Waals surface area contributed by atoms with Gasteiger partial charge in [-0.25, -0.2) is 4.79 Å². The molecular weight excluding hydrogens is 544 g/mol. The van der Waals surface area contributed by atoms with Gasteiger partial charge in [-0.3, -0.25) is 19.0 Å². The van der Waals surface area contributed by atoms with E-state index in [9.17, 15) is 24.4 Å². The molecular formula is C29H38N6O5S. The number of anilines is 2. The van der Waals surface area contributed by atoms with Crippen molar-refractivity contribution in [3.63, 3.8) is 0 Å². The maximum absolute atomic E-state index is 13.1. The fraction of sp³-hybridized carbons (Fsp3) is 0.483. The summed E-state index contributed by atoms with van der Waals surface area (Å²) >= 11 is 0.987. The first kappa shape index (κ1) is 31.6. The highest BCUT2D eigenvalue weighted by atomic mass is 32.1. The van der Waals surface area contributed by atoms with E-state index in [0.29, 0.717) is 23.5 Å². The van der Waals surface area contributed by atoms with Crippen molar-refractivity contribution in [2.24, 2.45) is 5.41 Å². The number of rotatable bonds is 10. The number of hydrogen-bond acceptors (Lipinski definition) is 9. The van der Waals surface area contributed by atoms with E-state index in [2.05, 4.69) is 20.9 Å². The van der Waals surface area contributed by atoms with E-state index in [1.807, 2.05) is 6.07 Å². The van der Waals surface area contributed by atoms with Gasteiger partial charge >= 0.3 is 5.97 Å². The smallest absolute Gasteiger partial charge is 0.351 e. The summed E-state index contributed by atoms with van der Waals surface area (Å²) in [6.07, 6.45) is 3.80. The Bertz CT molecular complexity index is 1510. The number of benzene rings is 1. The van der Waals surface area contributed by atoms with Crippen molar-refractivity contribution >= 4 is 52.3 Å². The van der Waals surface area contributed by atoms with Gasteiger partial charge in [-0.2, -0.15) is 5.26 Å². The molecule has 0 saturated carbocycles. The fourth-order valence-electron chi connectivity index (χ4n) is 4.19. The van der Waals surface area contributed by atoms with Gasteiger partial charge in [-0.05, 0) is 58.0 Å². The van der Waals surface area contributed by atoms with Crippen LogP contribution >= 0.6 is 11.3 Å². The Morgan fingerprint density at radius 2 is 1.80 bits per heavy atom. The highest BCUT2D eigenvalue weighted by molar-refractivity contribution is 7.07. The molecule has 11 nitrogen and oxygen atoms in total. The minimum Gasteiger partial charge on any atom is -0.462 e. The fourth-order valence-corrected chi connectivity index (χ4v) is 5.27. The van der Waals surface area contributed by atoms with Crippen LogP contribution in [-0.2, 0) is 20.9 Å². The molecule has 3 rings (SSSR count). The number of carbonyl (C=O) groups is 3. The topological polar surface area (TPSA) is 146 Å². The number of nitrogens with one attached hydrogen (secondary N) is 3. The molecule has 0 radical (unpaired) electrons. The van der Waals surface area contributed by atoms with Gasteiger partial charge in [0.1, 0.15) is 15.3 Å². The second-order valence-electron chi connectivity index (χ2n) is 10.6. The van der Waals surface area contributed by atoms with Crippen LogP contribution in [0.1, 0.15) is 57.8 Å². The molecule has 0 bridgehead atoms. The summed E-state index contributed by atoms with van der Waals surface area (Å²) in [5.41, 5.74) is -0.0410. The number of esters is 1. The maximum Gasteiger partial charge on any atom is 0.351 e. The van der Waals surface area contributed by atoms with Crippen molar-refractivity contribution < 1.29 is 19.1 Å². The standard InChI is InChI=1S/C29H38N6O5S/c1-6-35-25(37)23(41-26(35)22(17-30)27(38)40-7-2)18-32-20-14-19(15-21(16-20)33-28(39)29(3,4)5)24(36)31-10-13-34-11-8-9-12-34/h14-16,18,32H,6-13H2,1-5H3,(H,31,36)(H,33,39). The molecule has 3 N–H and O–H groups in total. The number of nitriles is 1. The van der Waals surface area contributed by atoms with Crippen molar-refractivity contribution in [3.8, 4) is 6.07 Å². The lowest BCUT2D eigenvalue weighted by Gasteiger charge is -2.19.